The van der Waals surface area contributed by atoms with Gasteiger partial charge in [-0.05, 0) is 49.0 Å². The van der Waals surface area contributed by atoms with Crippen molar-refractivity contribution >= 4 is 41.1 Å². The van der Waals surface area contributed by atoms with Crippen LogP contribution in [0.4, 0.5) is 0 Å². The Morgan fingerprint density at radius 1 is 1.22 bits per heavy atom. The molecule has 1 N–H and O–H groups in total. The van der Waals surface area contributed by atoms with Gasteiger partial charge in [0.2, 0.25) is 0 Å². The third kappa shape index (κ3) is 5.03. The van der Waals surface area contributed by atoms with Crippen LogP contribution in [0.15, 0.2) is 71.5 Å². The van der Waals surface area contributed by atoms with Crippen molar-refractivity contribution < 1.29 is 9.53 Å². The highest BCUT2D eigenvalue weighted by Crippen LogP contribution is 2.29. The Bertz CT molecular complexity index is 1160. The average Bonchev–Trinajstić information content (AvgIpc) is 3.38. The summed E-state index contributed by atoms with van der Waals surface area (Å²) >= 11 is 7.15. The molecular weight excluding hydrogens is 440 g/mol. The second-order valence-electron chi connectivity index (χ2n) is 7.26. The SMILES string of the molecule is CCn1cc(CN2C(=O)/C(=C\c3ccc(CSc4ccccc4)c(OC)c3)NC2=S)cn1. The summed E-state index contributed by atoms with van der Waals surface area (Å²) in [5.41, 5.74) is 3.35. The van der Waals surface area contributed by atoms with Gasteiger partial charge in [-0.15, -0.1) is 11.8 Å². The van der Waals surface area contributed by atoms with Gasteiger partial charge in [-0.3, -0.25) is 14.4 Å². The molecule has 0 spiro atoms. The number of aryl methyl sites for hydroxylation is 1. The van der Waals surface area contributed by atoms with E-state index >= 15 is 0 Å². The predicted octanol–water partition coefficient (Wildman–Crippen LogP) is 4.46. The minimum Gasteiger partial charge on any atom is -0.496 e. The Morgan fingerprint density at radius 3 is 2.75 bits per heavy atom. The number of thiocarbonyl (C=S) groups is 1. The fourth-order valence-corrected chi connectivity index (χ4v) is 4.54. The Labute approximate surface area is 197 Å². The molecule has 2 heterocycles. The molecule has 1 saturated heterocycles. The van der Waals surface area contributed by atoms with Crippen molar-refractivity contribution in [3.8, 4) is 5.75 Å². The van der Waals surface area contributed by atoms with Crippen molar-refractivity contribution in [2.75, 3.05) is 7.11 Å². The molecule has 2 aromatic carbocycles. The van der Waals surface area contributed by atoms with Crippen LogP contribution in [0.5, 0.6) is 5.75 Å². The third-order valence-corrected chi connectivity index (χ3v) is 6.46. The second kappa shape index (κ2) is 10.0. The molecule has 164 valence electrons. The first-order chi connectivity index (χ1) is 15.6. The van der Waals surface area contributed by atoms with E-state index in [1.165, 1.54) is 4.90 Å². The molecule has 0 radical (unpaired) electrons. The molecule has 3 aromatic rings. The lowest BCUT2D eigenvalue weighted by Crippen LogP contribution is -2.29. The van der Waals surface area contributed by atoms with E-state index in [9.17, 15) is 4.79 Å². The molecule has 0 atom stereocenters. The molecule has 8 heteroatoms. The molecule has 1 aliphatic rings. The monoisotopic (exact) mass is 464 g/mol. The van der Waals surface area contributed by atoms with Crippen molar-refractivity contribution in [2.24, 2.45) is 0 Å². The molecule has 0 saturated carbocycles. The van der Waals surface area contributed by atoms with Crippen LogP contribution in [0.3, 0.4) is 0 Å². The Balaban J connectivity index is 1.47. The lowest BCUT2D eigenvalue weighted by Gasteiger charge is -2.12. The van der Waals surface area contributed by atoms with Gasteiger partial charge < -0.3 is 10.1 Å². The van der Waals surface area contributed by atoms with Gasteiger partial charge in [-0.2, -0.15) is 5.10 Å². The number of nitrogens with one attached hydrogen (secondary N) is 1. The van der Waals surface area contributed by atoms with Gasteiger partial charge in [0, 0.05) is 34.5 Å². The fourth-order valence-electron chi connectivity index (χ4n) is 3.37. The number of rotatable bonds is 8. The average molecular weight is 465 g/mol. The standard InChI is InChI=1S/C24H24N4O2S2/c1-3-27-14-18(13-25-27)15-28-23(29)21(26-24(28)31)11-17-9-10-19(22(12-17)30-2)16-32-20-7-5-4-6-8-20/h4-14H,3,15-16H2,1-2H3,(H,26,31)/b21-11+. The number of hydrogen-bond donors (Lipinski definition) is 1. The minimum atomic E-state index is -0.151. The topological polar surface area (TPSA) is 59.4 Å². The smallest absolute Gasteiger partial charge is 0.276 e. The lowest BCUT2D eigenvalue weighted by molar-refractivity contribution is -0.122. The molecular formula is C24H24N4O2S2. The number of aromatic nitrogens is 2. The summed E-state index contributed by atoms with van der Waals surface area (Å²) in [6, 6.07) is 16.2. The van der Waals surface area contributed by atoms with Crippen LogP contribution in [0.2, 0.25) is 0 Å². The van der Waals surface area contributed by atoms with Gasteiger partial charge >= 0.3 is 0 Å². The number of benzene rings is 2. The number of amides is 1. The number of thioether (sulfide) groups is 1. The molecule has 0 unspecified atom stereocenters. The van der Waals surface area contributed by atoms with Crippen LogP contribution in [0.1, 0.15) is 23.6 Å². The first kappa shape index (κ1) is 22.1. The highest BCUT2D eigenvalue weighted by Gasteiger charge is 2.30. The molecule has 6 nitrogen and oxygen atoms in total. The van der Waals surface area contributed by atoms with E-state index in [4.69, 9.17) is 17.0 Å². The molecule has 0 aliphatic carbocycles. The first-order valence-electron chi connectivity index (χ1n) is 10.3. The lowest BCUT2D eigenvalue weighted by atomic mass is 10.1. The van der Waals surface area contributed by atoms with Crippen molar-refractivity contribution in [2.45, 2.75) is 30.7 Å². The molecule has 32 heavy (non-hydrogen) atoms. The summed E-state index contributed by atoms with van der Waals surface area (Å²) in [5, 5.41) is 7.70. The number of ether oxygens (including phenoxy) is 1. The normalized spacial score (nSPS) is 14.8. The minimum absolute atomic E-state index is 0.151. The highest BCUT2D eigenvalue weighted by atomic mass is 32.2. The van der Waals surface area contributed by atoms with Crippen molar-refractivity contribution in [1.29, 1.82) is 0 Å². The first-order valence-corrected chi connectivity index (χ1v) is 11.7. The second-order valence-corrected chi connectivity index (χ2v) is 8.69. The van der Waals surface area contributed by atoms with Crippen LogP contribution in [0, 0.1) is 0 Å². The summed E-state index contributed by atoms with van der Waals surface area (Å²) in [5.74, 6) is 1.44. The van der Waals surface area contributed by atoms with Gasteiger partial charge in [0.1, 0.15) is 11.4 Å². The van der Waals surface area contributed by atoms with E-state index in [1.807, 2.05) is 54.2 Å². The molecule has 1 fully saturated rings. The Morgan fingerprint density at radius 2 is 2.03 bits per heavy atom. The van der Waals surface area contributed by atoms with Gasteiger partial charge in [-0.25, -0.2) is 0 Å². The van der Waals surface area contributed by atoms with Crippen LogP contribution in [-0.4, -0.2) is 32.8 Å². The zero-order chi connectivity index (χ0) is 22.5. The zero-order valence-corrected chi connectivity index (χ0v) is 19.6. The number of nitrogens with zero attached hydrogens (tertiary/aromatic N) is 3. The Hall–Kier alpha value is -3.10. The summed E-state index contributed by atoms with van der Waals surface area (Å²) in [4.78, 5) is 15.7. The van der Waals surface area contributed by atoms with E-state index in [1.54, 1.807) is 36.0 Å². The predicted molar refractivity (Wildman–Crippen MR) is 131 cm³/mol. The quantitative estimate of drug-likeness (QED) is 0.302. The van der Waals surface area contributed by atoms with Crippen molar-refractivity contribution in [3.63, 3.8) is 0 Å². The van der Waals surface area contributed by atoms with E-state index in [0.717, 1.165) is 34.7 Å². The van der Waals surface area contributed by atoms with Gasteiger partial charge in [0.05, 0.1) is 19.9 Å². The van der Waals surface area contributed by atoms with Crippen LogP contribution >= 0.6 is 24.0 Å². The van der Waals surface area contributed by atoms with E-state index < -0.39 is 0 Å². The molecule has 4 rings (SSSR count). The van der Waals surface area contributed by atoms with Crippen LogP contribution in [0.25, 0.3) is 6.08 Å². The third-order valence-electron chi connectivity index (χ3n) is 5.07. The number of methoxy groups -OCH3 is 1. The van der Waals surface area contributed by atoms with Gasteiger partial charge in [-0.1, -0.05) is 30.3 Å². The van der Waals surface area contributed by atoms with Gasteiger partial charge in [0.25, 0.3) is 5.91 Å². The fraction of sp³-hybridized carbons (Fsp3) is 0.208. The number of carbonyl (C=O) groups is 1. The number of hydrogen-bond acceptors (Lipinski definition) is 5. The van der Waals surface area contributed by atoms with Crippen molar-refractivity contribution in [3.05, 3.63) is 83.3 Å². The maximum atomic E-state index is 12.9. The molecule has 0 bridgehead atoms. The maximum Gasteiger partial charge on any atom is 0.276 e. The van der Waals surface area contributed by atoms with Crippen LogP contribution < -0.4 is 10.1 Å². The Kier molecular flexibility index (Phi) is 6.92. The maximum absolute atomic E-state index is 12.9. The van der Waals surface area contributed by atoms with E-state index in [0.29, 0.717) is 17.4 Å². The van der Waals surface area contributed by atoms with E-state index in [2.05, 4.69) is 22.5 Å². The molecule has 1 amide bonds. The summed E-state index contributed by atoms with van der Waals surface area (Å²) in [7, 11) is 1.66. The van der Waals surface area contributed by atoms with Crippen LogP contribution in [-0.2, 0) is 23.6 Å². The summed E-state index contributed by atoms with van der Waals surface area (Å²) in [6.45, 7) is 3.19. The summed E-state index contributed by atoms with van der Waals surface area (Å²) < 4.78 is 7.43. The van der Waals surface area contributed by atoms with Gasteiger partial charge in [0.15, 0.2) is 5.11 Å². The molecule has 1 aromatic heterocycles. The molecule has 1 aliphatic heterocycles. The van der Waals surface area contributed by atoms with Crippen molar-refractivity contribution in [1.82, 2.24) is 20.0 Å². The van der Waals surface area contributed by atoms with E-state index in [-0.39, 0.29) is 5.91 Å². The highest BCUT2D eigenvalue weighted by molar-refractivity contribution is 7.98. The summed E-state index contributed by atoms with van der Waals surface area (Å²) in [6.07, 6.45) is 5.49. The zero-order valence-electron chi connectivity index (χ0n) is 17.9. The number of carbonyl (C=O) groups excluding carboxylic acids is 1. The largest absolute Gasteiger partial charge is 0.496 e.